The lowest BCUT2D eigenvalue weighted by Gasteiger charge is -2.28. The van der Waals surface area contributed by atoms with Crippen LogP contribution in [0, 0.1) is 12.8 Å². The van der Waals surface area contributed by atoms with Crippen molar-refractivity contribution in [2.45, 2.75) is 51.1 Å². The summed E-state index contributed by atoms with van der Waals surface area (Å²) in [6, 6.07) is 2.94. The molecule has 1 aliphatic carbocycles. The molecule has 0 bridgehead atoms. The maximum atomic E-state index is 13.6. The van der Waals surface area contributed by atoms with Gasteiger partial charge in [0, 0.05) is 24.6 Å². The quantitative estimate of drug-likeness (QED) is 0.570. The molecule has 0 spiro atoms. The summed E-state index contributed by atoms with van der Waals surface area (Å²) < 4.78 is 68.8. The standard InChI is InChI=1S/C19H19F5N2O2/c1-11-8-13(2-3-16(27)28)10-15-25-17(19(22,23)24)14(26(11)15)9-12-4-6-18(20,21)7-5-12/h2-3,8,10,12H,4-7,9H2,1H3,(H,27,28). The fraction of sp³-hybridized carbons (Fsp3) is 0.474. The zero-order valence-electron chi connectivity index (χ0n) is 15.1. The van der Waals surface area contributed by atoms with Crippen LogP contribution in [0.5, 0.6) is 0 Å². The van der Waals surface area contributed by atoms with Crippen molar-refractivity contribution >= 4 is 17.7 Å². The number of hydrogen-bond donors (Lipinski definition) is 1. The summed E-state index contributed by atoms with van der Waals surface area (Å²) in [4.78, 5) is 14.4. The minimum absolute atomic E-state index is 0.0112. The second kappa shape index (κ2) is 7.18. The number of aryl methyl sites for hydroxylation is 1. The molecule has 1 saturated carbocycles. The zero-order chi connectivity index (χ0) is 20.7. The van der Waals surface area contributed by atoms with E-state index in [-0.39, 0.29) is 49.4 Å². The third kappa shape index (κ3) is 4.34. The lowest BCUT2D eigenvalue weighted by molar-refractivity contribution is -0.141. The summed E-state index contributed by atoms with van der Waals surface area (Å²) in [7, 11) is 0. The molecule has 1 aliphatic rings. The number of hydrogen-bond acceptors (Lipinski definition) is 2. The molecule has 0 radical (unpaired) electrons. The molecular weight excluding hydrogens is 383 g/mol. The van der Waals surface area contributed by atoms with E-state index in [4.69, 9.17) is 5.11 Å². The van der Waals surface area contributed by atoms with Crippen molar-refractivity contribution in [1.29, 1.82) is 0 Å². The van der Waals surface area contributed by atoms with E-state index < -0.39 is 23.8 Å². The molecule has 0 aromatic carbocycles. The maximum absolute atomic E-state index is 13.6. The first kappa shape index (κ1) is 20.3. The molecule has 0 aliphatic heterocycles. The van der Waals surface area contributed by atoms with Gasteiger partial charge < -0.3 is 9.51 Å². The fourth-order valence-corrected chi connectivity index (χ4v) is 3.72. The van der Waals surface area contributed by atoms with Gasteiger partial charge in [-0.15, -0.1) is 0 Å². The second-order valence-electron chi connectivity index (χ2n) is 7.20. The van der Waals surface area contributed by atoms with E-state index in [1.165, 1.54) is 16.5 Å². The number of pyridine rings is 1. The molecule has 0 unspecified atom stereocenters. The molecule has 28 heavy (non-hydrogen) atoms. The van der Waals surface area contributed by atoms with Gasteiger partial charge >= 0.3 is 12.1 Å². The minimum atomic E-state index is -4.68. The molecule has 152 valence electrons. The normalized spacial score (nSPS) is 18.2. The van der Waals surface area contributed by atoms with Crippen molar-refractivity contribution < 1.29 is 31.9 Å². The molecule has 2 aromatic heterocycles. The Balaban J connectivity index is 2.03. The topological polar surface area (TPSA) is 54.6 Å². The van der Waals surface area contributed by atoms with E-state index in [2.05, 4.69) is 4.98 Å². The molecule has 4 nitrogen and oxygen atoms in total. The van der Waals surface area contributed by atoms with Crippen LogP contribution in [-0.2, 0) is 17.4 Å². The second-order valence-corrected chi connectivity index (χ2v) is 7.20. The lowest BCUT2D eigenvalue weighted by Crippen LogP contribution is -2.26. The van der Waals surface area contributed by atoms with Gasteiger partial charge in [-0.1, -0.05) is 0 Å². The predicted molar refractivity (Wildman–Crippen MR) is 92.2 cm³/mol. The number of halogens is 5. The number of nitrogens with zero attached hydrogens (tertiary/aromatic N) is 2. The van der Waals surface area contributed by atoms with Crippen molar-refractivity contribution in [3.05, 3.63) is 40.9 Å². The average molecular weight is 402 g/mol. The van der Waals surface area contributed by atoms with Crippen LogP contribution >= 0.6 is 0 Å². The van der Waals surface area contributed by atoms with Crippen molar-refractivity contribution in [3.63, 3.8) is 0 Å². The third-order valence-corrected chi connectivity index (χ3v) is 5.03. The Morgan fingerprint density at radius 1 is 1.32 bits per heavy atom. The first-order valence-corrected chi connectivity index (χ1v) is 8.84. The summed E-state index contributed by atoms with van der Waals surface area (Å²) >= 11 is 0. The smallest absolute Gasteiger partial charge is 0.435 e. The van der Waals surface area contributed by atoms with Crippen molar-refractivity contribution in [2.24, 2.45) is 5.92 Å². The number of aliphatic carboxylic acids is 1. The van der Waals surface area contributed by atoms with E-state index in [0.717, 1.165) is 6.08 Å². The largest absolute Gasteiger partial charge is 0.478 e. The van der Waals surface area contributed by atoms with E-state index in [1.54, 1.807) is 13.0 Å². The predicted octanol–water partition coefficient (Wildman–Crippen LogP) is 5.13. The highest BCUT2D eigenvalue weighted by molar-refractivity contribution is 5.85. The Kier molecular flexibility index (Phi) is 5.20. The number of fused-ring (bicyclic) bond motifs is 1. The third-order valence-electron chi connectivity index (χ3n) is 5.03. The lowest BCUT2D eigenvalue weighted by atomic mass is 9.83. The highest BCUT2D eigenvalue weighted by atomic mass is 19.4. The minimum Gasteiger partial charge on any atom is -0.478 e. The van der Waals surface area contributed by atoms with E-state index in [1.807, 2.05) is 0 Å². The number of carboxylic acid groups (broad SMARTS) is 1. The Bertz CT molecular complexity index is 921. The van der Waals surface area contributed by atoms with Crippen LogP contribution in [0.25, 0.3) is 11.7 Å². The zero-order valence-corrected chi connectivity index (χ0v) is 15.1. The first-order chi connectivity index (χ1) is 13.0. The summed E-state index contributed by atoms with van der Waals surface area (Å²) in [6.45, 7) is 1.60. The monoisotopic (exact) mass is 402 g/mol. The first-order valence-electron chi connectivity index (χ1n) is 8.84. The number of carbonyl (C=O) groups is 1. The SMILES string of the molecule is Cc1cc(C=CC(=O)O)cc2nc(C(F)(F)F)c(CC3CCC(F)(F)CC3)n12. The van der Waals surface area contributed by atoms with Gasteiger partial charge in [0.2, 0.25) is 5.92 Å². The van der Waals surface area contributed by atoms with E-state index >= 15 is 0 Å². The molecule has 1 fully saturated rings. The van der Waals surface area contributed by atoms with Crippen LogP contribution in [0.1, 0.15) is 48.3 Å². The van der Waals surface area contributed by atoms with Gasteiger partial charge in [0.25, 0.3) is 0 Å². The van der Waals surface area contributed by atoms with Crippen molar-refractivity contribution in [2.75, 3.05) is 0 Å². The van der Waals surface area contributed by atoms with Crippen LogP contribution in [0.3, 0.4) is 0 Å². The Morgan fingerprint density at radius 3 is 2.54 bits per heavy atom. The molecule has 0 amide bonds. The summed E-state index contributed by atoms with van der Waals surface area (Å²) in [5, 5.41) is 8.72. The van der Waals surface area contributed by atoms with Crippen LogP contribution < -0.4 is 0 Å². The summed E-state index contributed by atoms with van der Waals surface area (Å²) in [5.74, 6) is -4.19. The van der Waals surface area contributed by atoms with Gasteiger partial charge in [-0.3, -0.25) is 0 Å². The molecule has 2 aromatic rings. The van der Waals surface area contributed by atoms with Crippen LogP contribution in [-0.4, -0.2) is 26.4 Å². The van der Waals surface area contributed by atoms with Crippen LogP contribution in [0.4, 0.5) is 22.0 Å². The fourth-order valence-electron chi connectivity index (χ4n) is 3.72. The van der Waals surface area contributed by atoms with Crippen LogP contribution in [0.15, 0.2) is 18.2 Å². The number of carboxylic acids is 1. The number of alkyl halides is 5. The van der Waals surface area contributed by atoms with Gasteiger partial charge in [0.1, 0.15) is 5.65 Å². The van der Waals surface area contributed by atoms with Crippen LogP contribution in [0.2, 0.25) is 0 Å². The number of imidazole rings is 1. The molecule has 1 N–H and O–H groups in total. The van der Waals surface area contributed by atoms with Gasteiger partial charge in [-0.25, -0.2) is 18.6 Å². The number of aromatic nitrogens is 2. The molecule has 0 saturated heterocycles. The molecule has 2 heterocycles. The summed E-state index contributed by atoms with van der Waals surface area (Å²) in [6.07, 6.45) is -2.81. The Morgan fingerprint density at radius 2 is 1.96 bits per heavy atom. The van der Waals surface area contributed by atoms with Crippen molar-refractivity contribution in [3.8, 4) is 0 Å². The van der Waals surface area contributed by atoms with Gasteiger partial charge in [-0.05, 0) is 55.9 Å². The average Bonchev–Trinajstić information content (AvgIpc) is 2.94. The molecule has 3 rings (SSSR count). The van der Waals surface area contributed by atoms with E-state index in [9.17, 15) is 26.7 Å². The Hall–Kier alpha value is -2.45. The Labute approximate surface area is 157 Å². The maximum Gasteiger partial charge on any atom is 0.435 e. The van der Waals surface area contributed by atoms with Crippen molar-refractivity contribution in [1.82, 2.24) is 9.38 Å². The summed E-state index contributed by atoms with van der Waals surface area (Å²) in [5.41, 5.74) is -0.138. The molecule has 0 atom stereocenters. The highest BCUT2D eigenvalue weighted by Gasteiger charge is 2.40. The highest BCUT2D eigenvalue weighted by Crippen LogP contribution is 2.40. The molecular formula is C19H19F5N2O2. The van der Waals surface area contributed by atoms with E-state index in [0.29, 0.717) is 11.3 Å². The van der Waals surface area contributed by atoms with Gasteiger partial charge in [0.15, 0.2) is 5.69 Å². The number of rotatable bonds is 4. The molecule has 9 heteroatoms. The van der Waals surface area contributed by atoms with Gasteiger partial charge in [-0.2, -0.15) is 13.2 Å². The van der Waals surface area contributed by atoms with Gasteiger partial charge in [0.05, 0.1) is 5.69 Å².